The number of aromatic nitrogens is 1. The Kier molecular flexibility index (Phi) is 6.18. The number of thiazole rings is 1. The van der Waals surface area contributed by atoms with Crippen LogP contribution in [0, 0.1) is 0 Å². The SMILES string of the molecule is C[C@H](Nc1nc2ccccc2s1)C(=O)N/N=C\c1ccccc1OCC(=O)O. The highest BCUT2D eigenvalue weighted by Crippen LogP contribution is 2.25. The van der Waals surface area contributed by atoms with E-state index in [4.69, 9.17) is 9.84 Å². The highest BCUT2D eigenvalue weighted by atomic mass is 32.1. The van der Waals surface area contributed by atoms with Gasteiger partial charge in [0.15, 0.2) is 11.7 Å². The summed E-state index contributed by atoms with van der Waals surface area (Å²) < 4.78 is 6.22. The molecule has 0 aliphatic heterocycles. The molecule has 144 valence electrons. The molecule has 1 aromatic heterocycles. The number of rotatable bonds is 8. The summed E-state index contributed by atoms with van der Waals surface area (Å²) >= 11 is 1.47. The normalized spacial score (nSPS) is 12.0. The Balaban J connectivity index is 1.58. The first-order valence-corrected chi connectivity index (χ1v) is 9.23. The lowest BCUT2D eigenvalue weighted by atomic mass is 10.2. The maximum Gasteiger partial charge on any atom is 0.341 e. The van der Waals surface area contributed by atoms with E-state index >= 15 is 0 Å². The van der Waals surface area contributed by atoms with Gasteiger partial charge in [0.1, 0.15) is 11.8 Å². The number of para-hydroxylation sites is 2. The van der Waals surface area contributed by atoms with Crippen LogP contribution in [0.5, 0.6) is 5.75 Å². The molecular weight excluding hydrogens is 380 g/mol. The van der Waals surface area contributed by atoms with Crippen LogP contribution in [-0.4, -0.2) is 40.8 Å². The number of carbonyl (C=O) groups is 2. The summed E-state index contributed by atoms with van der Waals surface area (Å²) in [5.41, 5.74) is 3.88. The number of hydrogen-bond donors (Lipinski definition) is 3. The topological polar surface area (TPSA) is 113 Å². The number of nitrogens with zero attached hydrogens (tertiary/aromatic N) is 2. The number of hydrogen-bond acceptors (Lipinski definition) is 7. The number of fused-ring (bicyclic) bond motifs is 1. The predicted molar refractivity (Wildman–Crippen MR) is 108 cm³/mol. The van der Waals surface area contributed by atoms with Gasteiger partial charge in [0, 0.05) is 5.56 Å². The maximum absolute atomic E-state index is 12.2. The Hall–Kier alpha value is -3.46. The lowest BCUT2D eigenvalue weighted by molar-refractivity contribution is -0.139. The number of anilines is 1. The van der Waals surface area contributed by atoms with Crippen molar-refractivity contribution in [3.63, 3.8) is 0 Å². The van der Waals surface area contributed by atoms with Gasteiger partial charge in [0.2, 0.25) is 0 Å². The maximum atomic E-state index is 12.2. The molecule has 2 aromatic carbocycles. The number of carboxylic acids is 1. The zero-order chi connectivity index (χ0) is 19.9. The van der Waals surface area contributed by atoms with Crippen LogP contribution in [0.15, 0.2) is 53.6 Å². The molecule has 1 amide bonds. The summed E-state index contributed by atoms with van der Waals surface area (Å²) in [4.78, 5) is 27.3. The third-order valence-corrected chi connectivity index (χ3v) is 4.64. The molecule has 0 bridgehead atoms. The molecule has 0 saturated carbocycles. The third-order valence-electron chi connectivity index (χ3n) is 3.68. The largest absolute Gasteiger partial charge is 0.481 e. The number of nitrogens with one attached hydrogen (secondary N) is 2. The van der Waals surface area contributed by atoms with E-state index in [1.54, 1.807) is 31.2 Å². The molecule has 28 heavy (non-hydrogen) atoms. The van der Waals surface area contributed by atoms with Gasteiger partial charge in [-0.15, -0.1) is 0 Å². The molecule has 1 heterocycles. The molecule has 3 aromatic rings. The van der Waals surface area contributed by atoms with Gasteiger partial charge in [-0.3, -0.25) is 4.79 Å². The van der Waals surface area contributed by atoms with E-state index in [0.717, 1.165) is 10.2 Å². The standard InChI is InChI=1S/C19H18N4O4S/c1-12(21-19-22-14-7-3-5-9-16(14)28-19)18(26)23-20-10-13-6-2-4-8-15(13)27-11-17(24)25/h2-10,12H,11H2,1H3,(H,21,22)(H,23,26)(H,24,25)/b20-10-/t12-/m0/s1. The first-order valence-electron chi connectivity index (χ1n) is 8.41. The molecule has 1 atom stereocenters. The van der Waals surface area contributed by atoms with E-state index in [-0.39, 0.29) is 5.91 Å². The summed E-state index contributed by atoms with van der Waals surface area (Å²) in [6.07, 6.45) is 1.40. The van der Waals surface area contributed by atoms with Crippen LogP contribution in [-0.2, 0) is 9.59 Å². The number of hydrazone groups is 1. The molecule has 0 unspecified atom stereocenters. The van der Waals surface area contributed by atoms with Crippen LogP contribution in [0.2, 0.25) is 0 Å². The minimum absolute atomic E-state index is 0.334. The minimum Gasteiger partial charge on any atom is -0.481 e. The summed E-state index contributed by atoms with van der Waals surface area (Å²) in [7, 11) is 0. The molecule has 0 radical (unpaired) electrons. The fourth-order valence-electron chi connectivity index (χ4n) is 2.31. The summed E-state index contributed by atoms with van der Waals surface area (Å²) in [5, 5.41) is 16.4. The van der Waals surface area contributed by atoms with Gasteiger partial charge in [0.05, 0.1) is 16.4 Å². The van der Waals surface area contributed by atoms with E-state index in [9.17, 15) is 9.59 Å². The molecular formula is C19H18N4O4S. The van der Waals surface area contributed by atoms with Gasteiger partial charge in [-0.25, -0.2) is 15.2 Å². The van der Waals surface area contributed by atoms with Gasteiger partial charge in [0.25, 0.3) is 5.91 Å². The fourth-order valence-corrected chi connectivity index (χ4v) is 3.26. The molecule has 9 heteroatoms. The zero-order valence-electron chi connectivity index (χ0n) is 15.0. The van der Waals surface area contributed by atoms with Crippen molar-refractivity contribution in [2.75, 3.05) is 11.9 Å². The molecule has 0 fully saturated rings. The van der Waals surface area contributed by atoms with Crippen molar-refractivity contribution < 1.29 is 19.4 Å². The first-order chi connectivity index (χ1) is 13.5. The lowest BCUT2D eigenvalue weighted by Gasteiger charge is -2.10. The number of benzene rings is 2. The molecule has 8 nitrogen and oxygen atoms in total. The molecule has 0 aliphatic rings. The van der Waals surface area contributed by atoms with Crippen LogP contribution in [0.4, 0.5) is 5.13 Å². The van der Waals surface area contributed by atoms with Crippen molar-refractivity contribution >= 4 is 44.8 Å². The Labute approximate surface area is 164 Å². The quantitative estimate of drug-likeness (QED) is 0.397. The van der Waals surface area contributed by atoms with Crippen LogP contribution >= 0.6 is 11.3 Å². The van der Waals surface area contributed by atoms with Crippen molar-refractivity contribution in [2.45, 2.75) is 13.0 Å². The summed E-state index contributed by atoms with van der Waals surface area (Å²) in [5.74, 6) is -1.04. The Bertz CT molecular complexity index is 985. The van der Waals surface area contributed by atoms with Gasteiger partial charge in [-0.05, 0) is 31.2 Å². The molecule has 3 rings (SSSR count). The van der Waals surface area contributed by atoms with E-state index in [2.05, 4.69) is 20.8 Å². The molecule has 3 N–H and O–H groups in total. The third kappa shape index (κ3) is 5.04. The zero-order valence-corrected chi connectivity index (χ0v) is 15.8. The molecule has 0 aliphatic carbocycles. The van der Waals surface area contributed by atoms with Crippen molar-refractivity contribution in [1.82, 2.24) is 10.4 Å². The predicted octanol–water partition coefficient (Wildman–Crippen LogP) is 2.71. The number of carboxylic acid groups (broad SMARTS) is 1. The average Bonchev–Trinajstić information content (AvgIpc) is 3.09. The van der Waals surface area contributed by atoms with Crippen molar-refractivity contribution in [2.24, 2.45) is 5.10 Å². The van der Waals surface area contributed by atoms with E-state index in [1.807, 2.05) is 24.3 Å². The monoisotopic (exact) mass is 398 g/mol. The average molecular weight is 398 g/mol. The first kappa shape index (κ1) is 19.3. The van der Waals surface area contributed by atoms with E-state index in [0.29, 0.717) is 16.4 Å². The molecule has 0 saturated heterocycles. The Morgan fingerprint density at radius 3 is 2.79 bits per heavy atom. The summed E-state index contributed by atoms with van der Waals surface area (Å²) in [6, 6.07) is 14.0. The van der Waals surface area contributed by atoms with Crippen molar-refractivity contribution in [3.05, 3.63) is 54.1 Å². The van der Waals surface area contributed by atoms with Crippen molar-refractivity contribution in [1.29, 1.82) is 0 Å². The smallest absolute Gasteiger partial charge is 0.341 e. The van der Waals surface area contributed by atoms with Gasteiger partial charge < -0.3 is 15.2 Å². The lowest BCUT2D eigenvalue weighted by Crippen LogP contribution is -2.34. The van der Waals surface area contributed by atoms with Crippen LogP contribution in [0.25, 0.3) is 10.2 Å². The molecule has 0 spiro atoms. The van der Waals surface area contributed by atoms with Crippen LogP contribution < -0.4 is 15.5 Å². The Morgan fingerprint density at radius 2 is 2.00 bits per heavy atom. The number of amides is 1. The van der Waals surface area contributed by atoms with Gasteiger partial charge in [-0.2, -0.15) is 5.10 Å². The Morgan fingerprint density at radius 1 is 1.25 bits per heavy atom. The number of aliphatic carboxylic acids is 1. The van der Waals surface area contributed by atoms with E-state index < -0.39 is 18.6 Å². The summed E-state index contributed by atoms with van der Waals surface area (Å²) in [6.45, 7) is 1.25. The highest BCUT2D eigenvalue weighted by molar-refractivity contribution is 7.22. The van der Waals surface area contributed by atoms with Gasteiger partial charge in [-0.1, -0.05) is 35.6 Å². The van der Waals surface area contributed by atoms with Crippen molar-refractivity contribution in [3.8, 4) is 5.75 Å². The minimum atomic E-state index is -1.07. The van der Waals surface area contributed by atoms with Gasteiger partial charge >= 0.3 is 5.97 Å². The second-order valence-corrected chi connectivity index (χ2v) is 6.84. The number of ether oxygens (including phenoxy) is 1. The fraction of sp³-hybridized carbons (Fsp3) is 0.158. The second kappa shape index (κ2) is 8.96. The number of carbonyl (C=O) groups excluding carboxylic acids is 1. The van der Waals surface area contributed by atoms with E-state index in [1.165, 1.54) is 17.6 Å². The van der Waals surface area contributed by atoms with Crippen LogP contribution in [0.3, 0.4) is 0 Å². The highest BCUT2D eigenvalue weighted by Gasteiger charge is 2.14. The van der Waals surface area contributed by atoms with Crippen LogP contribution in [0.1, 0.15) is 12.5 Å². The second-order valence-electron chi connectivity index (χ2n) is 5.81.